The third-order valence-corrected chi connectivity index (χ3v) is 1.33. The van der Waals surface area contributed by atoms with Crippen molar-refractivity contribution in [1.82, 2.24) is 10.6 Å². The molecule has 0 saturated heterocycles. The summed E-state index contributed by atoms with van der Waals surface area (Å²) < 4.78 is 4.73. The smallest absolute Gasteiger partial charge is 0.267 e. The third kappa shape index (κ3) is 5.10. The summed E-state index contributed by atoms with van der Waals surface area (Å²) in [6.07, 6.45) is 1.06. The van der Waals surface area contributed by atoms with Gasteiger partial charge in [-0.3, -0.25) is 9.59 Å². The Morgan fingerprint density at radius 1 is 1.50 bits per heavy atom. The van der Waals surface area contributed by atoms with Crippen LogP contribution in [0.3, 0.4) is 0 Å². The van der Waals surface area contributed by atoms with Crippen molar-refractivity contribution in [3.05, 3.63) is 24.9 Å². The molecule has 78 valence electrons. The lowest BCUT2D eigenvalue weighted by Crippen LogP contribution is -2.35. The summed E-state index contributed by atoms with van der Waals surface area (Å²) in [7, 11) is 1.53. The molecular weight excluding hydrogens is 184 g/mol. The summed E-state index contributed by atoms with van der Waals surface area (Å²) in [5.41, 5.74) is -0.00833. The summed E-state index contributed by atoms with van der Waals surface area (Å²) in [6.45, 7) is 7.42. The Kier molecular flexibility index (Phi) is 6.06. The summed E-state index contributed by atoms with van der Waals surface area (Å²) in [6, 6.07) is 0. The lowest BCUT2D eigenvalue weighted by atomic mass is 10.4. The minimum Gasteiger partial charge on any atom is -0.383 e. The van der Waals surface area contributed by atoms with Crippen LogP contribution in [0, 0.1) is 0 Å². The van der Waals surface area contributed by atoms with Gasteiger partial charge in [-0.25, -0.2) is 0 Å². The molecule has 0 atom stereocenters. The van der Waals surface area contributed by atoms with Crippen molar-refractivity contribution in [3.8, 4) is 0 Å². The van der Waals surface area contributed by atoms with E-state index in [1.165, 1.54) is 7.11 Å². The number of hydrogen-bond donors (Lipinski definition) is 2. The van der Waals surface area contributed by atoms with E-state index >= 15 is 0 Å². The van der Waals surface area contributed by atoms with Crippen molar-refractivity contribution >= 4 is 11.8 Å². The molecule has 0 heterocycles. The molecule has 0 aliphatic rings. The van der Waals surface area contributed by atoms with Gasteiger partial charge in [-0.1, -0.05) is 13.2 Å². The first-order valence-electron chi connectivity index (χ1n) is 4.01. The minimum atomic E-state index is -0.461. The van der Waals surface area contributed by atoms with Gasteiger partial charge in [0.1, 0.15) is 0 Å². The molecule has 0 aliphatic heterocycles. The van der Waals surface area contributed by atoms with Crippen LogP contribution in [0.1, 0.15) is 0 Å². The SMILES string of the molecule is C=CC(=O)NC(=C)C(=O)NCCOC. The molecular formula is C9H14N2O3. The zero-order valence-electron chi connectivity index (χ0n) is 8.13. The number of hydrogen-bond acceptors (Lipinski definition) is 3. The molecule has 0 saturated carbocycles. The van der Waals surface area contributed by atoms with Crippen molar-refractivity contribution in [3.63, 3.8) is 0 Å². The van der Waals surface area contributed by atoms with Gasteiger partial charge in [-0.15, -0.1) is 0 Å². The highest BCUT2D eigenvalue weighted by Gasteiger charge is 2.07. The molecule has 0 aliphatic carbocycles. The van der Waals surface area contributed by atoms with Crippen LogP contribution in [-0.4, -0.2) is 32.1 Å². The molecule has 0 spiro atoms. The molecule has 5 nitrogen and oxygen atoms in total. The van der Waals surface area contributed by atoms with Crippen LogP contribution in [0.2, 0.25) is 0 Å². The van der Waals surface area contributed by atoms with Gasteiger partial charge in [0.05, 0.1) is 12.3 Å². The lowest BCUT2D eigenvalue weighted by molar-refractivity contribution is -0.121. The zero-order chi connectivity index (χ0) is 11.0. The molecule has 0 rings (SSSR count). The van der Waals surface area contributed by atoms with Crippen LogP contribution < -0.4 is 10.6 Å². The number of nitrogens with one attached hydrogen (secondary N) is 2. The highest BCUT2D eigenvalue weighted by Crippen LogP contribution is 1.84. The Labute approximate surface area is 82.8 Å². The summed E-state index contributed by atoms with van der Waals surface area (Å²) in [4.78, 5) is 21.9. The Balaban J connectivity index is 3.82. The fourth-order valence-corrected chi connectivity index (χ4v) is 0.630. The summed E-state index contributed by atoms with van der Waals surface area (Å²) in [5.74, 6) is -0.894. The Hall–Kier alpha value is -1.62. The molecule has 0 fully saturated rings. The van der Waals surface area contributed by atoms with E-state index in [1.807, 2.05) is 0 Å². The number of methoxy groups -OCH3 is 1. The van der Waals surface area contributed by atoms with E-state index in [2.05, 4.69) is 23.8 Å². The highest BCUT2D eigenvalue weighted by molar-refractivity contribution is 5.99. The van der Waals surface area contributed by atoms with E-state index in [0.29, 0.717) is 13.2 Å². The van der Waals surface area contributed by atoms with Crippen LogP contribution in [0.25, 0.3) is 0 Å². The maximum atomic E-state index is 11.2. The van der Waals surface area contributed by atoms with Crippen molar-refractivity contribution in [2.75, 3.05) is 20.3 Å². The van der Waals surface area contributed by atoms with E-state index in [1.54, 1.807) is 0 Å². The average Bonchev–Trinajstić information content (AvgIpc) is 2.17. The van der Waals surface area contributed by atoms with E-state index in [9.17, 15) is 9.59 Å². The first-order chi connectivity index (χ1) is 6.61. The van der Waals surface area contributed by atoms with E-state index < -0.39 is 11.8 Å². The maximum Gasteiger partial charge on any atom is 0.267 e. The van der Waals surface area contributed by atoms with Crippen LogP contribution in [0.4, 0.5) is 0 Å². The summed E-state index contributed by atoms with van der Waals surface area (Å²) in [5, 5.41) is 4.75. The van der Waals surface area contributed by atoms with Crippen molar-refractivity contribution < 1.29 is 14.3 Å². The molecule has 0 aromatic rings. The minimum absolute atomic E-state index is 0.00833. The fourth-order valence-electron chi connectivity index (χ4n) is 0.630. The second-order valence-electron chi connectivity index (χ2n) is 2.42. The molecule has 0 aromatic carbocycles. The topological polar surface area (TPSA) is 67.4 Å². The van der Waals surface area contributed by atoms with Crippen molar-refractivity contribution in [2.45, 2.75) is 0 Å². The number of carbonyl (C=O) groups is 2. The quantitative estimate of drug-likeness (QED) is 0.449. The molecule has 0 radical (unpaired) electrons. The molecule has 0 unspecified atom stereocenters. The van der Waals surface area contributed by atoms with Gasteiger partial charge in [-0.05, 0) is 6.08 Å². The van der Waals surface area contributed by atoms with Gasteiger partial charge in [0.2, 0.25) is 5.91 Å². The number of rotatable bonds is 6. The number of amides is 2. The molecule has 14 heavy (non-hydrogen) atoms. The molecule has 0 aromatic heterocycles. The normalized spacial score (nSPS) is 8.93. The van der Waals surface area contributed by atoms with E-state index in [4.69, 9.17) is 4.74 Å². The average molecular weight is 198 g/mol. The first kappa shape index (κ1) is 12.4. The van der Waals surface area contributed by atoms with Crippen LogP contribution in [-0.2, 0) is 14.3 Å². The van der Waals surface area contributed by atoms with Crippen molar-refractivity contribution in [1.29, 1.82) is 0 Å². The van der Waals surface area contributed by atoms with Gasteiger partial charge in [0.15, 0.2) is 0 Å². The van der Waals surface area contributed by atoms with Gasteiger partial charge >= 0.3 is 0 Å². The predicted octanol–water partition coefficient (Wildman–Crippen LogP) is -0.435. The fraction of sp³-hybridized carbons (Fsp3) is 0.333. The maximum absolute atomic E-state index is 11.2. The monoisotopic (exact) mass is 198 g/mol. The van der Waals surface area contributed by atoms with Gasteiger partial charge in [0.25, 0.3) is 5.91 Å². The van der Waals surface area contributed by atoms with Gasteiger partial charge in [0, 0.05) is 13.7 Å². The summed E-state index contributed by atoms with van der Waals surface area (Å²) >= 11 is 0. The zero-order valence-corrected chi connectivity index (χ0v) is 8.13. The number of ether oxygens (including phenoxy) is 1. The largest absolute Gasteiger partial charge is 0.383 e. The molecule has 2 amide bonds. The third-order valence-electron chi connectivity index (χ3n) is 1.33. The number of carbonyl (C=O) groups excluding carboxylic acids is 2. The molecule has 0 bridgehead atoms. The highest BCUT2D eigenvalue weighted by atomic mass is 16.5. The lowest BCUT2D eigenvalue weighted by Gasteiger charge is -2.06. The second-order valence-corrected chi connectivity index (χ2v) is 2.42. The van der Waals surface area contributed by atoms with E-state index in [-0.39, 0.29) is 5.70 Å². The second kappa shape index (κ2) is 6.85. The first-order valence-corrected chi connectivity index (χ1v) is 4.01. The molecule has 2 N–H and O–H groups in total. The van der Waals surface area contributed by atoms with Crippen molar-refractivity contribution in [2.24, 2.45) is 0 Å². The van der Waals surface area contributed by atoms with Crippen LogP contribution in [0.15, 0.2) is 24.9 Å². The Morgan fingerprint density at radius 2 is 2.14 bits per heavy atom. The van der Waals surface area contributed by atoms with E-state index in [0.717, 1.165) is 6.08 Å². The van der Waals surface area contributed by atoms with Gasteiger partial charge in [-0.2, -0.15) is 0 Å². The Bertz CT molecular complexity index is 248. The molecule has 5 heteroatoms. The predicted molar refractivity (Wildman–Crippen MR) is 52.4 cm³/mol. The standard InChI is InChI=1S/C9H14N2O3/c1-4-8(12)11-7(2)9(13)10-5-6-14-3/h4H,1-2,5-6H2,3H3,(H,10,13)(H,11,12). The Morgan fingerprint density at radius 3 is 2.64 bits per heavy atom. The van der Waals surface area contributed by atoms with Gasteiger partial charge < -0.3 is 15.4 Å². The van der Waals surface area contributed by atoms with Crippen LogP contribution >= 0.6 is 0 Å². The van der Waals surface area contributed by atoms with Crippen LogP contribution in [0.5, 0.6) is 0 Å².